The lowest BCUT2D eigenvalue weighted by atomic mass is 10.0. The Labute approximate surface area is 178 Å². The van der Waals surface area contributed by atoms with E-state index in [1.54, 1.807) is 39.3 Å². The normalized spacial score (nSPS) is 10.8. The van der Waals surface area contributed by atoms with E-state index < -0.39 is 5.97 Å². The van der Waals surface area contributed by atoms with Crippen LogP contribution in [0.5, 0.6) is 11.5 Å². The Morgan fingerprint density at radius 1 is 1.03 bits per heavy atom. The van der Waals surface area contributed by atoms with E-state index in [1.165, 1.54) is 0 Å². The van der Waals surface area contributed by atoms with Gasteiger partial charge in [0.1, 0.15) is 11.5 Å². The third kappa shape index (κ3) is 3.92. The molecule has 0 unspecified atom stereocenters. The van der Waals surface area contributed by atoms with Crippen molar-refractivity contribution in [1.82, 2.24) is 15.1 Å². The van der Waals surface area contributed by atoms with Gasteiger partial charge in [-0.3, -0.25) is 4.98 Å². The minimum absolute atomic E-state index is 0.157. The summed E-state index contributed by atoms with van der Waals surface area (Å²) >= 11 is 0. The first-order valence-electron chi connectivity index (χ1n) is 9.60. The highest BCUT2D eigenvalue weighted by molar-refractivity contribution is 5.98. The molecule has 0 aliphatic rings. The van der Waals surface area contributed by atoms with Crippen LogP contribution in [0.3, 0.4) is 0 Å². The molecule has 0 saturated carbocycles. The number of esters is 1. The Hall–Kier alpha value is -3.94. The van der Waals surface area contributed by atoms with Crippen LogP contribution in [-0.4, -0.2) is 35.3 Å². The van der Waals surface area contributed by atoms with Gasteiger partial charge in [-0.25, -0.2) is 4.79 Å². The molecule has 0 amide bonds. The number of hydrogen-bond acceptors (Lipinski definition) is 8. The molecule has 0 saturated heterocycles. The summed E-state index contributed by atoms with van der Waals surface area (Å²) in [5, 5.41) is 4.88. The molecule has 0 bridgehead atoms. The number of pyridine rings is 1. The van der Waals surface area contributed by atoms with Gasteiger partial charge in [0, 0.05) is 11.5 Å². The molecule has 0 fully saturated rings. The van der Waals surface area contributed by atoms with Crippen molar-refractivity contribution in [2.45, 2.75) is 20.5 Å². The maximum atomic E-state index is 12.8. The number of aromatic nitrogens is 3. The SMILES string of the molecule is COc1ccc(-c2noc(COC(=O)c3c(C)nc4ccccc4c3C)n2)c(OC)c1. The first-order valence-corrected chi connectivity index (χ1v) is 9.60. The number of aryl methyl sites for hydroxylation is 2. The Morgan fingerprint density at radius 2 is 1.84 bits per heavy atom. The standard InChI is InChI=1S/C23H21N3O5/c1-13-16-7-5-6-8-18(16)24-14(2)21(13)23(27)30-12-20-25-22(26-31-20)17-10-9-15(28-3)11-19(17)29-4/h5-11H,12H2,1-4H3. The van der Waals surface area contributed by atoms with Crippen LogP contribution in [0.1, 0.15) is 27.5 Å². The molecule has 2 aromatic carbocycles. The zero-order chi connectivity index (χ0) is 22.0. The van der Waals surface area contributed by atoms with Gasteiger partial charge >= 0.3 is 5.97 Å². The van der Waals surface area contributed by atoms with Crippen LogP contribution in [0.4, 0.5) is 0 Å². The van der Waals surface area contributed by atoms with Crippen LogP contribution in [-0.2, 0) is 11.3 Å². The molecule has 158 valence electrons. The molecule has 31 heavy (non-hydrogen) atoms. The molecule has 8 nitrogen and oxygen atoms in total. The molecule has 2 heterocycles. The van der Waals surface area contributed by atoms with Gasteiger partial charge in [0.05, 0.1) is 36.6 Å². The number of methoxy groups -OCH3 is 2. The lowest BCUT2D eigenvalue weighted by molar-refractivity contribution is 0.0428. The summed E-state index contributed by atoms with van der Waals surface area (Å²) in [6, 6.07) is 12.9. The zero-order valence-electron chi connectivity index (χ0n) is 17.6. The summed E-state index contributed by atoms with van der Waals surface area (Å²) in [5.74, 6) is 1.19. The summed E-state index contributed by atoms with van der Waals surface area (Å²) in [6.45, 7) is 3.52. The molecule has 4 rings (SSSR count). The molecule has 0 radical (unpaired) electrons. The van der Waals surface area contributed by atoms with Gasteiger partial charge in [0.15, 0.2) is 6.61 Å². The van der Waals surface area contributed by atoms with Crippen LogP contribution in [0.15, 0.2) is 47.0 Å². The molecule has 0 aliphatic carbocycles. The van der Waals surface area contributed by atoms with E-state index >= 15 is 0 Å². The van der Waals surface area contributed by atoms with E-state index in [-0.39, 0.29) is 12.5 Å². The van der Waals surface area contributed by atoms with E-state index in [9.17, 15) is 4.79 Å². The summed E-state index contributed by atoms with van der Waals surface area (Å²) in [7, 11) is 3.12. The molecule has 0 spiro atoms. The van der Waals surface area contributed by atoms with Crippen molar-refractivity contribution in [3.63, 3.8) is 0 Å². The topological polar surface area (TPSA) is 96.6 Å². The molecule has 0 aliphatic heterocycles. The average Bonchev–Trinajstić information content (AvgIpc) is 3.26. The van der Waals surface area contributed by atoms with Crippen molar-refractivity contribution in [2.24, 2.45) is 0 Å². The number of ether oxygens (including phenoxy) is 3. The van der Waals surface area contributed by atoms with E-state index in [0.29, 0.717) is 34.1 Å². The second kappa shape index (κ2) is 8.43. The van der Waals surface area contributed by atoms with Gasteiger partial charge in [-0.1, -0.05) is 23.4 Å². The smallest absolute Gasteiger partial charge is 0.340 e. The Bertz CT molecular complexity index is 1270. The van der Waals surface area contributed by atoms with Crippen molar-refractivity contribution >= 4 is 16.9 Å². The maximum absolute atomic E-state index is 12.8. The summed E-state index contributed by atoms with van der Waals surface area (Å²) in [4.78, 5) is 21.6. The predicted octanol–water partition coefficient (Wildman–Crippen LogP) is 4.28. The fourth-order valence-corrected chi connectivity index (χ4v) is 3.44. The average molecular weight is 419 g/mol. The second-order valence-electron chi connectivity index (χ2n) is 6.87. The number of fused-ring (bicyclic) bond motifs is 1. The zero-order valence-corrected chi connectivity index (χ0v) is 17.6. The molecule has 4 aromatic rings. The first kappa shape index (κ1) is 20.3. The summed E-state index contributed by atoms with van der Waals surface area (Å²) in [5.41, 5.74) is 3.34. The van der Waals surface area contributed by atoms with Gasteiger partial charge < -0.3 is 18.7 Å². The number of rotatable bonds is 6. The van der Waals surface area contributed by atoms with Gasteiger partial charge in [0.25, 0.3) is 5.89 Å². The molecule has 0 atom stereocenters. The van der Waals surface area contributed by atoms with Crippen LogP contribution in [0.25, 0.3) is 22.3 Å². The minimum Gasteiger partial charge on any atom is -0.497 e. The van der Waals surface area contributed by atoms with E-state index in [0.717, 1.165) is 16.5 Å². The number of carbonyl (C=O) groups is 1. The van der Waals surface area contributed by atoms with E-state index in [4.69, 9.17) is 18.7 Å². The number of nitrogens with zero attached hydrogens (tertiary/aromatic N) is 3. The van der Waals surface area contributed by atoms with Crippen molar-refractivity contribution in [3.8, 4) is 22.9 Å². The monoisotopic (exact) mass is 419 g/mol. The van der Waals surface area contributed by atoms with Gasteiger partial charge in [-0.2, -0.15) is 4.98 Å². The van der Waals surface area contributed by atoms with Crippen molar-refractivity contribution in [2.75, 3.05) is 14.2 Å². The van der Waals surface area contributed by atoms with Crippen molar-refractivity contribution in [3.05, 3.63) is 65.2 Å². The van der Waals surface area contributed by atoms with E-state index in [2.05, 4.69) is 15.1 Å². The van der Waals surface area contributed by atoms with Crippen LogP contribution in [0.2, 0.25) is 0 Å². The third-order valence-electron chi connectivity index (χ3n) is 4.98. The van der Waals surface area contributed by atoms with Crippen LogP contribution >= 0.6 is 0 Å². The lowest BCUT2D eigenvalue weighted by Crippen LogP contribution is -2.11. The highest BCUT2D eigenvalue weighted by atomic mass is 16.6. The second-order valence-corrected chi connectivity index (χ2v) is 6.87. The minimum atomic E-state index is -0.491. The van der Waals surface area contributed by atoms with Crippen LogP contribution in [0, 0.1) is 13.8 Å². The van der Waals surface area contributed by atoms with Crippen molar-refractivity contribution in [1.29, 1.82) is 0 Å². The molecule has 8 heteroatoms. The van der Waals surface area contributed by atoms with E-state index in [1.807, 2.05) is 31.2 Å². The summed E-state index contributed by atoms with van der Waals surface area (Å²) < 4.78 is 21.3. The number of carbonyl (C=O) groups excluding carboxylic acids is 1. The Balaban J connectivity index is 1.53. The fraction of sp³-hybridized carbons (Fsp3) is 0.217. The van der Waals surface area contributed by atoms with Crippen LogP contribution < -0.4 is 9.47 Å². The Morgan fingerprint density at radius 3 is 2.61 bits per heavy atom. The molecular weight excluding hydrogens is 398 g/mol. The number of para-hydroxylation sites is 1. The molecule has 0 N–H and O–H groups in total. The third-order valence-corrected chi connectivity index (χ3v) is 4.98. The maximum Gasteiger partial charge on any atom is 0.340 e. The highest BCUT2D eigenvalue weighted by Crippen LogP contribution is 2.31. The predicted molar refractivity (Wildman–Crippen MR) is 113 cm³/mol. The largest absolute Gasteiger partial charge is 0.497 e. The van der Waals surface area contributed by atoms with Gasteiger partial charge in [-0.15, -0.1) is 0 Å². The lowest BCUT2D eigenvalue weighted by Gasteiger charge is -2.11. The molecular formula is C23H21N3O5. The highest BCUT2D eigenvalue weighted by Gasteiger charge is 2.20. The van der Waals surface area contributed by atoms with Crippen molar-refractivity contribution < 1.29 is 23.5 Å². The Kier molecular flexibility index (Phi) is 5.53. The quantitative estimate of drug-likeness (QED) is 0.427. The van der Waals surface area contributed by atoms with Gasteiger partial charge in [0.2, 0.25) is 5.82 Å². The molecule has 2 aromatic heterocycles. The summed E-state index contributed by atoms with van der Waals surface area (Å²) in [6.07, 6.45) is 0. The fourth-order valence-electron chi connectivity index (χ4n) is 3.44. The first-order chi connectivity index (χ1) is 15.0. The number of hydrogen-bond donors (Lipinski definition) is 0. The number of benzene rings is 2. The van der Waals surface area contributed by atoms with Gasteiger partial charge in [-0.05, 0) is 37.6 Å².